The van der Waals surface area contributed by atoms with Gasteiger partial charge in [0.2, 0.25) is 0 Å². The van der Waals surface area contributed by atoms with Gasteiger partial charge in [-0.15, -0.1) is 0 Å². The number of aromatic nitrogens is 2. The van der Waals surface area contributed by atoms with Crippen LogP contribution in [0.1, 0.15) is 17.3 Å². The van der Waals surface area contributed by atoms with E-state index in [0.717, 1.165) is 16.7 Å². The molecule has 4 aromatic rings. The third-order valence-corrected chi connectivity index (χ3v) is 5.90. The minimum Gasteiger partial charge on any atom is -0.462 e. The molecule has 0 bridgehead atoms. The maximum atomic E-state index is 12.6. The van der Waals surface area contributed by atoms with Crippen LogP contribution in [0.5, 0.6) is 0 Å². The number of carbonyl (C=O) groups is 1. The lowest BCUT2D eigenvalue weighted by Gasteiger charge is -2.08. The average Bonchev–Trinajstić information content (AvgIpc) is 3.13. The maximum Gasteiger partial charge on any atom is 0.340 e. The monoisotopic (exact) mass is 420 g/mol. The number of hydrogen-bond acceptors (Lipinski definition) is 5. The second-order valence-corrected chi connectivity index (χ2v) is 8.84. The Bertz CT molecular complexity index is 1330. The minimum absolute atomic E-state index is 0.231. The van der Waals surface area contributed by atoms with Crippen LogP contribution in [0.25, 0.3) is 27.9 Å². The lowest BCUT2D eigenvalue weighted by atomic mass is 9.98. The summed E-state index contributed by atoms with van der Waals surface area (Å²) in [7, 11) is -3.32. The molecule has 0 N–H and O–H groups in total. The predicted molar refractivity (Wildman–Crippen MR) is 115 cm³/mol. The van der Waals surface area contributed by atoms with Crippen LogP contribution >= 0.6 is 0 Å². The van der Waals surface area contributed by atoms with E-state index in [-0.39, 0.29) is 11.5 Å². The smallest absolute Gasteiger partial charge is 0.340 e. The lowest BCUT2D eigenvalue weighted by molar-refractivity contribution is 0.0528. The highest BCUT2D eigenvalue weighted by molar-refractivity contribution is 7.90. The molecule has 7 heteroatoms. The number of carbonyl (C=O) groups excluding carboxylic acids is 1. The fourth-order valence-electron chi connectivity index (χ4n) is 3.41. The van der Waals surface area contributed by atoms with Gasteiger partial charge in [-0.05, 0) is 36.8 Å². The number of sulfone groups is 1. The van der Waals surface area contributed by atoms with Gasteiger partial charge in [-0.3, -0.25) is 0 Å². The van der Waals surface area contributed by atoms with Crippen molar-refractivity contribution < 1.29 is 17.9 Å². The quantitative estimate of drug-likeness (QED) is 0.451. The first-order valence-corrected chi connectivity index (χ1v) is 11.3. The number of hydrogen-bond donors (Lipinski definition) is 0. The Balaban J connectivity index is 2.03. The topological polar surface area (TPSA) is 77.7 Å². The molecular weight excluding hydrogens is 400 g/mol. The summed E-state index contributed by atoms with van der Waals surface area (Å²) in [6, 6.07) is 19.7. The molecule has 0 amide bonds. The van der Waals surface area contributed by atoms with Crippen LogP contribution in [0.4, 0.5) is 0 Å². The molecular formula is C23H20N2O4S. The molecule has 0 aliphatic carbocycles. The van der Waals surface area contributed by atoms with Gasteiger partial charge in [0, 0.05) is 23.6 Å². The Morgan fingerprint density at radius 1 is 0.967 bits per heavy atom. The van der Waals surface area contributed by atoms with Gasteiger partial charge in [0.05, 0.1) is 22.6 Å². The van der Waals surface area contributed by atoms with Crippen molar-refractivity contribution in [2.45, 2.75) is 11.8 Å². The van der Waals surface area contributed by atoms with E-state index < -0.39 is 15.8 Å². The molecule has 0 saturated heterocycles. The molecule has 0 radical (unpaired) electrons. The molecule has 0 atom stereocenters. The largest absolute Gasteiger partial charge is 0.462 e. The highest BCUT2D eigenvalue weighted by atomic mass is 32.2. The van der Waals surface area contributed by atoms with E-state index in [2.05, 4.69) is 0 Å². The lowest BCUT2D eigenvalue weighted by Crippen LogP contribution is -2.07. The van der Waals surface area contributed by atoms with E-state index in [1.807, 2.05) is 30.3 Å². The SMILES string of the molecule is CCOC(=O)c1cccn2nc(-c3ccccc3)c(-c3ccc(S(C)(=O)=O)cc3)c12. The van der Waals surface area contributed by atoms with Crippen molar-refractivity contribution in [1.29, 1.82) is 0 Å². The van der Waals surface area contributed by atoms with Crippen molar-refractivity contribution in [1.82, 2.24) is 9.61 Å². The molecule has 2 aromatic carbocycles. The second kappa shape index (κ2) is 7.76. The Kier molecular flexibility index (Phi) is 5.13. The standard InChI is InChI=1S/C23H20N2O4S/c1-3-29-23(26)19-10-7-15-25-22(19)20(21(24-25)17-8-5-4-6-9-17)16-11-13-18(14-12-16)30(2,27)28/h4-15H,3H2,1-2H3. The van der Waals surface area contributed by atoms with E-state index in [0.29, 0.717) is 16.8 Å². The van der Waals surface area contributed by atoms with Crippen LogP contribution in [0.3, 0.4) is 0 Å². The number of rotatable bonds is 5. The Morgan fingerprint density at radius 2 is 1.67 bits per heavy atom. The Labute approximate surface area is 174 Å². The predicted octanol–water partition coefficient (Wildman–Crippen LogP) is 4.25. The van der Waals surface area contributed by atoms with E-state index in [9.17, 15) is 13.2 Å². The van der Waals surface area contributed by atoms with E-state index >= 15 is 0 Å². The molecule has 2 aromatic heterocycles. The summed E-state index contributed by atoms with van der Waals surface area (Å²) in [5.41, 5.74) is 4.09. The third-order valence-electron chi connectivity index (χ3n) is 4.77. The maximum absolute atomic E-state index is 12.6. The number of esters is 1. The molecule has 0 fully saturated rings. The normalized spacial score (nSPS) is 11.5. The molecule has 0 saturated carbocycles. The minimum atomic E-state index is -3.32. The van der Waals surface area contributed by atoms with E-state index in [1.54, 1.807) is 54.0 Å². The number of ether oxygens (including phenoxy) is 1. The molecule has 4 rings (SSSR count). The van der Waals surface area contributed by atoms with Gasteiger partial charge in [0.1, 0.15) is 5.69 Å². The molecule has 30 heavy (non-hydrogen) atoms. The van der Waals surface area contributed by atoms with Crippen molar-refractivity contribution in [3.8, 4) is 22.4 Å². The molecule has 6 nitrogen and oxygen atoms in total. The van der Waals surface area contributed by atoms with Gasteiger partial charge in [-0.2, -0.15) is 5.10 Å². The summed E-state index contributed by atoms with van der Waals surface area (Å²) in [5, 5.41) is 4.72. The van der Waals surface area contributed by atoms with Crippen molar-refractivity contribution in [2.75, 3.05) is 12.9 Å². The van der Waals surface area contributed by atoms with Crippen LogP contribution < -0.4 is 0 Å². The van der Waals surface area contributed by atoms with E-state index in [4.69, 9.17) is 9.84 Å². The zero-order valence-electron chi connectivity index (χ0n) is 16.6. The van der Waals surface area contributed by atoms with Crippen LogP contribution in [-0.2, 0) is 14.6 Å². The van der Waals surface area contributed by atoms with Crippen molar-refractivity contribution in [2.24, 2.45) is 0 Å². The van der Waals surface area contributed by atoms with Crippen LogP contribution in [-0.4, -0.2) is 36.9 Å². The van der Waals surface area contributed by atoms with Crippen molar-refractivity contribution >= 4 is 21.3 Å². The number of fused-ring (bicyclic) bond motifs is 1. The van der Waals surface area contributed by atoms with Crippen LogP contribution in [0.15, 0.2) is 77.8 Å². The number of nitrogens with zero attached hydrogens (tertiary/aromatic N) is 2. The first-order valence-electron chi connectivity index (χ1n) is 9.44. The van der Waals surface area contributed by atoms with Crippen molar-refractivity contribution in [3.63, 3.8) is 0 Å². The van der Waals surface area contributed by atoms with Gasteiger partial charge in [-0.1, -0.05) is 42.5 Å². The highest BCUT2D eigenvalue weighted by Gasteiger charge is 2.22. The fraction of sp³-hybridized carbons (Fsp3) is 0.130. The fourth-order valence-corrected chi connectivity index (χ4v) is 4.04. The molecule has 0 unspecified atom stereocenters. The Hall–Kier alpha value is -3.45. The van der Waals surface area contributed by atoms with Gasteiger partial charge < -0.3 is 4.74 Å². The molecule has 2 heterocycles. The third kappa shape index (κ3) is 3.59. The number of benzene rings is 2. The zero-order chi connectivity index (χ0) is 21.3. The molecule has 0 aliphatic heterocycles. The summed E-state index contributed by atoms with van der Waals surface area (Å²) in [6.45, 7) is 2.02. The average molecular weight is 420 g/mol. The van der Waals surface area contributed by atoms with Crippen LogP contribution in [0, 0.1) is 0 Å². The van der Waals surface area contributed by atoms with Crippen LogP contribution in [0.2, 0.25) is 0 Å². The first-order chi connectivity index (χ1) is 14.4. The molecule has 0 spiro atoms. The number of pyridine rings is 1. The van der Waals surface area contributed by atoms with E-state index in [1.165, 1.54) is 6.26 Å². The molecule has 152 valence electrons. The second-order valence-electron chi connectivity index (χ2n) is 6.82. The Morgan fingerprint density at radius 3 is 2.30 bits per heavy atom. The summed E-state index contributed by atoms with van der Waals surface area (Å²) in [5.74, 6) is -0.434. The van der Waals surface area contributed by atoms with Gasteiger partial charge >= 0.3 is 5.97 Å². The summed E-state index contributed by atoms with van der Waals surface area (Å²) >= 11 is 0. The highest BCUT2D eigenvalue weighted by Crippen LogP contribution is 2.37. The summed E-state index contributed by atoms with van der Waals surface area (Å²) in [6.07, 6.45) is 2.95. The molecule has 0 aliphatic rings. The zero-order valence-corrected chi connectivity index (χ0v) is 17.4. The van der Waals surface area contributed by atoms with Gasteiger partial charge in [-0.25, -0.2) is 17.7 Å². The summed E-state index contributed by atoms with van der Waals surface area (Å²) < 4.78 is 30.6. The first kappa shape index (κ1) is 19.8. The van der Waals surface area contributed by atoms with Gasteiger partial charge in [0.25, 0.3) is 0 Å². The summed E-state index contributed by atoms with van der Waals surface area (Å²) in [4.78, 5) is 12.9. The van der Waals surface area contributed by atoms with Crippen molar-refractivity contribution in [3.05, 3.63) is 78.5 Å². The van der Waals surface area contributed by atoms with Gasteiger partial charge in [0.15, 0.2) is 9.84 Å².